The molecule has 0 spiro atoms. The fourth-order valence-electron chi connectivity index (χ4n) is 3.66. The molecule has 0 saturated carbocycles. The Balaban J connectivity index is 1.83. The molecule has 0 bridgehead atoms. The van der Waals surface area contributed by atoms with Crippen LogP contribution in [0.1, 0.15) is 23.9 Å². The summed E-state index contributed by atoms with van der Waals surface area (Å²) in [6.45, 7) is 3.00. The Labute approximate surface area is 195 Å². The summed E-state index contributed by atoms with van der Waals surface area (Å²) < 4.78 is 47.4. The largest absolute Gasteiger partial charge is 0.496 e. The van der Waals surface area contributed by atoms with Crippen molar-refractivity contribution in [2.75, 3.05) is 19.5 Å². The average Bonchev–Trinajstić information content (AvgIpc) is 3.36. The van der Waals surface area contributed by atoms with E-state index < -0.39 is 10.1 Å². The van der Waals surface area contributed by atoms with E-state index >= 15 is 0 Å². The molecule has 0 unspecified atom stereocenters. The maximum atomic E-state index is 11.3. The zero-order chi connectivity index (χ0) is 22.7. The third-order valence-electron chi connectivity index (χ3n) is 5.02. The fraction of sp³-hybridized carbons (Fsp3) is 0.261. The summed E-state index contributed by atoms with van der Waals surface area (Å²) in [4.78, 5) is 0. The number of aryl methyl sites for hydroxylation is 1. The molecule has 0 saturated heterocycles. The topological polar surface area (TPSA) is 76.7 Å². The molecule has 2 aromatic carbocycles. The Morgan fingerprint density at radius 3 is 2.72 bits per heavy atom. The van der Waals surface area contributed by atoms with Crippen molar-refractivity contribution in [2.24, 2.45) is 0 Å². The number of thiophene rings is 1. The van der Waals surface area contributed by atoms with Crippen LogP contribution in [0, 0.1) is 0 Å². The number of benzene rings is 2. The van der Waals surface area contributed by atoms with Crippen molar-refractivity contribution < 1.29 is 27.0 Å². The van der Waals surface area contributed by atoms with Crippen molar-refractivity contribution in [3.63, 3.8) is 0 Å². The molecule has 9 heteroatoms. The first-order valence-corrected chi connectivity index (χ1v) is 13.5. The minimum atomic E-state index is -4.01. The molecule has 0 atom stereocenters. The highest BCUT2D eigenvalue weighted by molar-refractivity contribution is 7.85. The molecule has 0 amide bonds. The predicted octanol–water partition coefficient (Wildman–Crippen LogP) is 5.26. The second-order valence-electron chi connectivity index (χ2n) is 7.12. The fourth-order valence-corrected chi connectivity index (χ4v) is 6.32. The van der Waals surface area contributed by atoms with Crippen LogP contribution in [0.4, 0.5) is 0 Å². The molecule has 0 aliphatic rings. The monoisotopic (exact) mass is 490 g/mol. The number of aromatic nitrogens is 1. The maximum Gasteiger partial charge on any atom is 0.265 e. The first-order chi connectivity index (χ1) is 15.4. The smallest absolute Gasteiger partial charge is 0.265 e. The first kappa shape index (κ1) is 22.7. The van der Waals surface area contributed by atoms with Crippen LogP contribution in [0.3, 0.4) is 0 Å². The lowest BCUT2D eigenvalue weighted by Crippen LogP contribution is -2.36. The van der Waals surface area contributed by atoms with Gasteiger partial charge in [-0.15, -0.1) is 11.3 Å². The third-order valence-corrected chi connectivity index (χ3v) is 7.84. The van der Waals surface area contributed by atoms with Gasteiger partial charge in [0.15, 0.2) is 6.54 Å². The Kier molecular flexibility index (Phi) is 6.80. The van der Waals surface area contributed by atoms with Gasteiger partial charge in [-0.3, -0.25) is 4.55 Å². The van der Waals surface area contributed by atoms with E-state index in [-0.39, 0.29) is 5.75 Å². The number of nitrogens with zero attached hydrogens (tertiary/aromatic N) is 1. The molecule has 1 N–H and O–H groups in total. The normalized spacial score (nSPS) is 12.2. The molecule has 0 aliphatic heterocycles. The van der Waals surface area contributed by atoms with Gasteiger partial charge in [-0.2, -0.15) is 13.0 Å². The number of hydrogen-bond donors (Lipinski definition) is 1. The Morgan fingerprint density at radius 2 is 1.97 bits per heavy atom. The average molecular weight is 491 g/mol. The number of hydrogen-bond acceptors (Lipinski definition) is 6. The second kappa shape index (κ2) is 9.58. The summed E-state index contributed by atoms with van der Waals surface area (Å²) in [5.74, 6) is 1.35. The molecule has 2 aromatic heterocycles. The van der Waals surface area contributed by atoms with Gasteiger partial charge < -0.3 is 9.47 Å². The molecule has 0 fully saturated rings. The van der Waals surface area contributed by atoms with E-state index in [2.05, 4.69) is 4.57 Å². The standard InChI is InChI=1S/C23H23NO5S3/c1-3-29-18-8-5-4-7-16(18)9-10-21-24(12-6-14-32(25,26)27)22-20(31-21)15-19(28-2)17-11-13-30-23(17)22/h4-5,7-11,13,15H,3,6,12,14H2,1-2H3/p+1/b10-9+. The molecule has 6 nitrogen and oxygen atoms in total. The molecular weight excluding hydrogens is 466 g/mol. The lowest BCUT2D eigenvalue weighted by atomic mass is 10.2. The van der Waals surface area contributed by atoms with E-state index in [9.17, 15) is 13.0 Å². The number of methoxy groups -OCH3 is 1. The lowest BCUT2D eigenvalue weighted by Gasteiger charge is -2.05. The van der Waals surface area contributed by atoms with Gasteiger partial charge >= 0.3 is 0 Å². The van der Waals surface area contributed by atoms with Gasteiger partial charge in [0.1, 0.15) is 20.9 Å². The van der Waals surface area contributed by atoms with E-state index in [1.54, 1.807) is 29.8 Å². The van der Waals surface area contributed by atoms with Gasteiger partial charge in [-0.05, 0) is 30.5 Å². The third kappa shape index (κ3) is 4.80. The molecule has 0 radical (unpaired) electrons. The number of rotatable bonds is 9. The molecule has 2 heterocycles. The maximum absolute atomic E-state index is 11.3. The van der Waals surface area contributed by atoms with Crippen LogP contribution in [0.25, 0.3) is 32.5 Å². The Bertz CT molecular complexity index is 1390. The molecule has 4 rings (SSSR count). The van der Waals surface area contributed by atoms with Crippen molar-refractivity contribution in [2.45, 2.75) is 19.9 Å². The number of thiazole rings is 1. The van der Waals surface area contributed by atoms with E-state index in [1.807, 2.05) is 60.9 Å². The van der Waals surface area contributed by atoms with Crippen LogP contribution >= 0.6 is 22.7 Å². The van der Waals surface area contributed by atoms with Gasteiger partial charge in [0.2, 0.25) is 5.52 Å². The molecule has 32 heavy (non-hydrogen) atoms. The zero-order valence-electron chi connectivity index (χ0n) is 17.8. The highest BCUT2D eigenvalue weighted by Crippen LogP contribution is 2.38. The van der Waals surface area contributed by atoms with Gasteiger partial charge in [0, 0.05) is 29.5 Å². The number of fused-ring (bicyclic) bond motifs is 3. The van der Waals surface area contributed by atoms with E-state index in [0.717, 1.165) is 42.4 Å². The number of ether oxygens (including phenoxy) is 2. The summed E-state index contributed by atoms with van der Waals surface area (Å²) in [5, 5.41) is 4.04. The lowest BCUT2D eigenvalue weighted by molar-refractivity contribution is -0.667. The summed E-state index contributed by atoms with van der Waals surface area (Å²) in [6, 6.07) is 11.9. The molecule has 4 aromatic rings. The van der Waals surface area contributed by atoms with Crippen LogP contribution in [0.15, 0.2) is 41.8 Å². The van der Waals surface area contributed by atoms with Gasteiger partial charge in [0.25, 0.3) is 15.1 Å². The predicted molar refractivity (Wildman–Crippen MR) is 132 cm³/mol. The quantitative estimate of drug-likeness (QED) is 0.256. The first-order valence-electron chi connectivity index (χ1n) is 10.2. The highest BCUT2D eigenvalue weighted by atomic mass is 32.2. The van der Waals surface area contributed by atoms with E-state index in [1.165, 1.54) is 0 Å². The van der Waals surface area contributed by atoms with Crippen LogP contribution in [0.5, 0.6) is 11.5 Å². The second-order valence-corrected chi connectivity index (χ2v) is 10.7. The molecule has 168 valence electrons. The van der Waals surface area contributed by atoms with Crippen molar-refractivity contribution >= 4 is 65.2 Å². The van der Waals surface area contributed by atoms with Gasteiger partial charge in [-0.25, -0.2) is 0 Å². The minimum Gasteiger partial charge on any atom is -0.496 e. The molecule has 0 aliphatic carbocycles. The van der Waals surface area contributed by atoms with E-state index in [0.29, 0.717) is 19.6 Å². The van der Waals surface area contributed by atoms with Gasteiger partial charge in [0.05, 0.1) is 19.5 Å². The highest BCUT2D eigenvalue weighted by Gasteiger charge is 2.24. The van der Waals surface area contributed by atoms with Crippen molar-refractivity contribution in [1.29, 1.82) is 0 Å². The SMILES string of the molecule is CCOc1ccccc1/C=C/c1sc2cc(OC)c3ccsc3c2[n+]1CCCS(=O)(=O)O. The Hall–Kier alpha value is -2.46. The Morgan fingerprint density at radius 1 is 1.16 bits per heavy atom. The van der Waals surface area contributed by atoms with Crippen LogP contribution < -0.4 is 14.0 Å². The molecular formula is C23H24NO5S3+. The van der Waals surface area contributed by atoms with Crippen molar-refractivity contribution in [1.82, 2.24) is 0 Å². The summed E-state index contributed by atoms with van der Waals surface area (Å²) in [6.07, 6.45) is 4.35. The van der Waals surface area contributed by atoms with Crippen molar-refractivity contribution in [3.05, 3.63) is 52.3 Å². The van der Waals surface area contributed by atoms with Crippen LogP contribution in [-0.4, -0.2) is 32.4 Å². The van der Waals surface area contributed by atoms with Crippen molar-refractivity contribution in [3.8, 4) is 11.5 Å². The van der Waals surface area contributed by atoms with E-state index in [4.69, 9.17) is 9.47 Å². The van der Waals surface area contributed by atoms with Gasteiger partial charge in [-0.1, -0.05) is 29.5 Å². The summed E-state index contributed by atoms with van der Waals surface area (Å²) in [7, 11) is -2.35. The summed E-state index contributed by atoms with van der Waals surface area (Å²) in [5.41, 5.74) is 2.02. The zero-order valence-corrected chi connectivity index (χ0v) is 20.2. The minimum absolute atomic E-state index is 0.280. The number of para-hydroxylation sites is 1. The van der Waals surface area contributed by atoms with Crippen LogP contribution in [-0.2, 0) is 16.7 Å². The van der Waals surface area contributed by atoms with Crippen LogP contribution in [0.2, 0.25) is 0 Å². The summed E-state index contributed by atoms with van der Waals surface area (Å²) >= 11 is 3.25.